The first-order valence-corrected chi connectivity index (χ1v) is 7.72. The summed E-state index contributed by atoms with van der Waals surface area (Å²) >= 11 is 0. The van der Waals surface area contributed by atoms with Crippen LogP contribution in [0.5, 0.6) is 0 Å². The van der Waals surface area contributed by atoms with Gasteiger partial charge in [0.05, 0.1) is 6.26 Å². The van der Waals surface area contributed by atoms with E-state index in [2.05, 4.69) is 4.98 Å². The molecular formula is C18H24N2O3. The second-order valence-corrected chi connectivity index (χ2v) is 6.66. The molecule has 2 aromatic heterocycles. The maximum Gasteiger partial charge on any atom is 0.410 e. The van der Waals surface area contributed by atoms with Crippen molar-refractivity contribution in [2.24, 2.45) is 0 Å². The number of carbonyl (C=O) groups is 1. The monoisotopic (exact) mass is 316 g/mol. The van der Waals surface area contributed by atoms with Gasteiger partial charge in [0.2, 0.25) is 5.71 Å². The van der Waals surface area contributed by atoms with E-state index in [1.54, 1.807) is 24.4 Å². The number of ether oxygens (including phenoxy) is 1. The summed E-state index contributed by atoms with van der Waals surface area (Å²) in [5.74, 6) is 0. The van der Waals surface area contributed by atoms with E-state index in [0.717, 1.165) is 17.4 Å². The van der Waals surface area contributed by atoms with E-state index in [-0.39, 0.29) is 12.1 Å². The summed E-state index contributed by atoms with van der Waals surface area (Å²) in [6.07, 6.45) is 7.86. The van der Waals surface area contributed by atoms with Gasteiger partial charge in [0, 0.05) is 24.7 Å². The Hall–Kier alpha value is -2.30. The molecule has 2 heterocycles. The molecule has 1 amide bonds. The zero-order valence-electron chi connectivity index (χ0n) is 14.4. The van der Waals surface area contributed by atoms with Crippen LogP contribution in [-0.4, -0.2) is 34.7 Å². The molecule has 0 aromatic carbocycles. The number of pyridine rings is 1. The molecule has 0 aliphatic carbocycles. The smallest absolute Gasteiger partial charge is 0.410 e. The largest absolute Gasteiger partial charge is 0.446 e. The van der Waals surface area contributed by atoms with Gasteiger partial charge in [0.1, 0.15) is 5.60 Å². The maximum absolute atomic E-state index is 12.0. The standard InChI is InChI=1S/C18H24N2O3/c1-13(20(5)17(21)23-18(2,3)4)7-6-8-14-11-15-9-10-22-16(15)19-12-14/h6,8-13H,7H2,1-5H3. The van der Waals surface area contributed by atoms with Gasteiger partial charge >= 0.3 is 6.09 Å². The van der Waals surface area contributed by atoms with Crippen molar-refractivity contribution in [3.63, 3.8) is 0 Å². The first-order chi connectivity index (χ1) is 10.8. The average molecular weight is 316 g/mol. The number of nitrogens with zero attached hydrogens (tertiary/aromatic N) is 2. The van der Waals surface area contributed by atoms with E-state index < -0.39 is 5.60 Å². The Morgan fingerprint density at radius 2 is 2.22 bits per heavy atom. The Bertz CT molecular complexity index is 698. The third-order valence-electron chi connectivity index (χ3n) is 3.46. The van der Waals surface area contributed by atoms with Gasteiger partial charge in [-0.05, 0) is 51.8 Å². The highest BCUT2D eigenvalue weighted by atomic mass is 16.6. The maximum atomic E-state index is 12.0. The van der Waals surface area contributed by atoms with Crippen molar-refractivity contribution < 1.29 is 13.9 Å². The van der Waals surface area contributed by atoms with Crippen LogP contribution >= 0.6 is 0 Å². The van der Waals surface area contributed by atoms with Crippen LogP contribution in [0, 0.1) is 0 Å². The van der Waals surface area contributed by atoms with Gasteiger partial charge in [0.15, 0.2) is 0 Å². The number of furan rings is 1. The third kappa shape index (κ3) is 4.84. The topological polar surface area (TPSA) is 55.6 Å². The molecular weight excluding hydrogens is 292 g/mol. The Kier molecular flexibility index (Phi) is 5.08. The second-order valence-electron chi connectivity index (χ2n) is 6.66. The van der Waals surface area contributed by atoms with Crippen molar-refractivity contribution in [1.82, 2.24) is 9.88 Å². The highest BCUT2D eigenvalue weighted by molar-refractivity contribution is 5.75. The minimum absolute atomic E-state index is 0.0479. The van der Waals surface area contributed by atoms with Crippen molar-refractivity contribution in [2.75, 3.05) is 7.05 Å². The molecule has 124 valence electrons. The van der Waals surface area contributed by atoms with E-state index in [4.69, 9.17) is 9.15 Å². The predicted molar refractivity (Wildman–Crippen MR) is 91.1 cm³/mol. The number of aromatic nitrogens is 1. The zero-order valence-corrected chi connectivity index (χ0v) is 14.4. The second kappa shape index (κ2) is 6.86. The summed E-state index contributed by atoms with van der Waals surface area (Å²) in [7, 11) is 1.76. The summed E-state index contributed by atoms with van der Waals surface area (Å²) < 4.78 is 10.6. The summed E-state index contributed by atoms with van der Waals surface area (Å²) in [5.41, 5.74) is 1.17. The van der Waals surface area contributed by atoms with Crippen LogP contribution in [0.1, 0.15) is 39.7 Å². The summed E-state index contributed by atoms with van der Waals surface area (Å²) in [5, 5.41) is 0.978. The van der Waals surface area contributed by atoms with Gasteiger partial charge in [-0.25, -0.2) is 9.78 Å². The lowest BCUT2D eigenvalue weighted by molar-refractivity contribution is 0.0238. The molecule has 5 nitrogen and oxygen atoms in total. The molecule has 1 unspecified atom stereocenters. The Balaban J connectivity index is 1.92. The molecule has 0 saturated carbocycles. The molecule has 5 heteroatoms. The minimum atomic E-state index is -0.480. The van der Waals surface area contributed by atoms with Crippen molar-refractivity contribution in [2.45, 2.75) is 45.8 Å². The van der Waals surface area contributed by atoms with E-state index >= 15 is 0 Å². The lowest BCUT2D eigenvalue weighted by Crippen LogP contribution is -2.39. The molecule has 0 bridgehead atoms. The van der Waals surface area contributed by atoms with Gasteiger partial charge in [-0.3, -0.25) is 0 Å². The van der Waals surface area contributed by atoms with Gasteiger partial charge in [-0.2, -0.15) is 0 Å². The number of hydrogen-bond acceptors (Lipinski definition) is 4. The Labute approximate surface area is 136 Å². The molecule has 1 atom stereocenters. The SMILES string of the molecule is CC(CC=Cc1cnc2occc2c1)N(C)C(=O)OC(C)(C)C. The number of amides is 1. The normalized spacial score (nSPS) is 13.4. The molecule has 0 saturated heterocycles. The van der Waals surface area contributed by atoms with Gasteiger partial charge in [-0.15, -0.1) is 0 Å². The van der Waals surface area contributed by atoms with E-state index in [1.165, 1.54) is 0 Å². The molecule has 2 rings (SSSR count). The number of carbonyl (C=O) groups excluding carboxylic acids is 1. The van der Waals surface area contributed by atoms with Gasteiger partial charge in [-0.1, -0.05) is 12.2 Å². The highest BCUT2D eigenvalue weighted by Gasteiger charge is 2.22. The highest BCUT2D eigenvalue weighted by Crippen LogP contribution is 2.16. The molecule has 2 aromatic rings. The summed E-state index contributed by atoms with van der Waals surface area (Å²) in [6, 6.07) is 3.95. The minimum Gasteiger partial charge on any atom is -0.446 e. The van der Waals surface area contributed by atoms with Crippen LogP contribution in [-0.2, 0) is 4.74 Å². The van der Waals surface area contributed by atoms with Crippen molar-refractivity contribution >= 4 is 23.3 Å². The van der Waals surface area contributed by atoms with Crippen LogP contribution < -0.4 is 0 Å². The average Bonchev–Trinajstić information content (AvgIpc) is 2.92. The Morgan fingerprint density at radius 1 is 1.48 bits per heavy atom. The van der Waals surface area contributed by atoms with Gasteiger partial charge in [0.25, 0.3) is 0 Å². The molecule has 0 radical (unpaired) electrons. The quantitative estimate of drug-likeness (QED) is 0.834. The van der Waals surface area contributed by atoms with Gasteiger partial charge < -0.3 is 14.1 Å². The van der Waals surface area contributed by atoms with Crippen molar-refractivity contribution in [3.05, 3.63) is 36.2 Å². The van der Waals surface area contributed by atoms with E-state index in [9.17, 15) is 4.79 Å². The zero-order chi connectivity index (χ0) is 17.0. The molecule has 0 fully saturated rings. The lowest BCUT2D eigenvalue weighted by atomic mass is 10.1. The first-order valence-electron chi connectivity index (χ1n) is 7.72. The predicted octanol–water partition coefficient (Wildman–Crippen LogP) is 4.49. The third-order valence-corrected chi connectivity index (χ3v) is 3.46. The van der Waals surface area contributed by atoms with Crippen LogP contribution in [0.3, 0.4) is 0 Å². The summed E-state index contributed by atoms with van der Waals surface area (Å²) in [4.78, 5) is 17.9. The fourth-order valence-corrected chi connectivity index (χ4v) is 2.04. The number of fused-ring (bicyclic) bond motifs is 1. The first kappa shape index (κ1) is 17.1. The van der Waals surface area contributed by atoms with Crippen molar-refractivity contribution in [1.29, 1.82) is 0 Å². The lowest BCUT2D eigenvalue weighted by Gasteiger charge is -2.28. The summed E-state index contributed by atoms with van der Waals surface area (Å²) in [6.45, 7) is 7.58. The fourth-order valence-electron chi connectivity index (χ4n) is 2.04. The van der Waals surface area contributed by atoms with E-state index in [1.807, 2.05) is 52.0 Å². The van der Waals surface area contributed by atoms with Crippen LogP contribution in [0.15, 0.2) is 35.1 Å². The molecule has 0 spiro atoms. The number of hydrogen-bond donors (Lipinski definition) is 0. The van der Waals surface area contributed by atoms with Crippen molar-refractivity contribution in [3.8, 4) is 0 Å². The van der Waals surface area contributed by atoms with Crippen LogP contribution in [0.4, 0.5) is 4.79 Å². The number of rotatable bonds is 4. The molecule has 0 aliphatic heterocycles. The van der Waals surface area contributed by atoms with Crippen LogP contribution in [0.25, 0.3) is 17.2 Å². The molecule has 23 heavy (non-hydrogen) atoms. The van der Waals surface area contributed by atoms with Crippen LogP contribution in [0.2, 0.25) is 0 Å². The molecule has 0 aliphatic rings. The van der Waals surface area contributed by atoms with E-state index in [0.29, 0.717) is 5.71 Å². The Morgan fingerprint density at radius 3 is 2.91 bits per heavy atom. The fraction of sp³-hybridized carbons (Fsp3) is 0.444. The molecule has 0 N–H and O–H groups in total.